The third kappa shape index (κ3) is 2.37. The number of amides is 1. The van der Waals surface area contributed by atoms with Gasteiger partial charge in [0, 0.05) is 12.5 Å². The van der Waals surface area contributed by atoms with Crippen LogP contribution in [-0.2, 0) is 4.79 Å². The molecule has 0 saturated carbocycles. The van der Waals surface area contributed by atoms with Gasteiger partial charge in [-0.15, -0.1) is 0 Å². The van der Waals surface area contributed by atoms with Crippen LogP contribution in [0.15, 0.2) is 11.0 Å². The number of nitrogens with one attached hydrogen (secondary N) is 2. The van der Waals surface area contributed by atoms with Crippen molar-refractivity contribution in [2.75, 3.05) is 6.26 Å². The maximum Gasteiger partial charge on any atom is 0.303 e. The molecule has 1 rings (SSSR count). The number of hydrogen-bond donors (Lipinski definition) is 3. The summed E-state index contributed by atoms with van der Waals surface area (Å²) in [6, 6.07) is 0. The Balaban J connectivity index is 3.16. The molecule has 0 unspecified atom stereocenters. The first-order valence-electron chi connectivity index (χ1n) is 3.96. The molecule has 0 atom stereocenters. The van der Waals surface area contributed by atoms with E-state index in [2.05, 4.69) is 9.71 Å². The SMILES string of the molecule is CSNC(=O)C(=O)c1[nH]cc(O)c(=O)c1Cl. The monoisotopic (exact) mass is 262 g/mol. The van der Waals surface area contributed by atoms with Gasteiger partial charge < -0.3 is 10.1 Å². The molecule has 1 aromatic heterocycles. The maximum atomic E-state index is 11.5. The summed E-state index contributed by atoms with van der Waals surface area (Å²) in [7, 11) is 0. The van der Waals surface area contributed by atoms with Gasteiger partial charge in [0.1, 0.15) is 10.7 Å². The minimum absolute atomic E-state index is 0.351. The predicted molar refractivity (Wildman–Crippen MR) is 59.7 cm³/mol. The Kier molecular flexibility index (Phi) is 3.97. The lowest BCUT2D eigenvalue weighted by Crippen LogP contribution is -2.27. The van der Waals surface area contributed by atoms with Gasteiger partial charge in [0.2, 0.25) is 5.43 Å². The van der Waals surface area contributed by atoms with Gasteiger partial charge in [-0.1, -0.05) is 23.5 Å². The first-order valence-corrected chi connectivity index (χ1v) is 5.57. The summed E-state index contributed by atoms with van der Waals surface area (Å²) >= 11 is 6.47. The van der Waals surface area contributed by atoms with Crippen molar-refractivity contribution in [3.05, 3.63) is 27.1 Å². The highest BCUT2D eigenvalue weighted by atomic mass is 35.5. The number of pyridine rings is 1. The van der Waals surface area contributed by atoms with Crippen LogP contribution in [0.25, 0.3) is 0 Å². The van der Waals surface area contributed by atoms with Gasteiger partial charge in [-0.25, -0.2) is 0 Å². The highest BCUT2D eigenvalue weighted by molar-refractivity contribution is 7.97. The van der Waals surface area contributed by atoms with E-state index in [-0.39, 0.29) is 5.69 Å². The Morgan fingerprint density at radius 3 is 2.75 bits per heavy atom. The average molecular weight is 263 g/mol. The molecule has 0 aliphatic rings. The molecule has 1 heterocycles. The normalized spacial score (nSPS) is 9.88. The van der Waals surface area contributed by atoms with Gasteiger partial charge in [0.05, 0.1) is 0 Å². The van der Waals surface area contributed by atoms with E-state index in [0.29, 0.717) is 0 Å². The van der Waals surface area contributed by atoms with Crippen LogP contribution in [0.1, 0.15) is 10.5 Å². The van der Waals surface area contributed by atoms with E-state index in [9.17, 15) is 14.4 Å². The van der Waals surface area contributed by atoms with Gasteiger partial charge in [0.15, 0.2) is 5.75 Å². The summed E-state index contributed by atoms with van der Waals surface area (Å²) in [4.78, 5) is 36.1. The maximum absolute atomic E-state index is 11.5. The third-order valence-corrected chi connectivity index (χ3v) is 2.38. The van der Waals surface area contributed by atoms with Crippen LogP contribution in [0.3, 0.4) is 0 Å². The van der Waals surface area contributed by atoms with E-state index in [1.807, 2.05) is 0 Å². The fourth-order valence-electron chi connectivity index (χ4n) is 0.913. The lowest BCUT2D eigenvalue weighted by molar-refractivity contribution is -0.115. The molecule has 0 aliphatic carbocycles. The molecule has 0 aromatic carbocycles. The molecule has 6 nitrogen and oxygen atoms in total. The van der Waals surface area contributed by atoms with Crippen LogP contribution >= 0.6 is 23.5 Å². The van der Waals surface area contributed by atoms with Gasteiger partial charge in [0.25, 0.3) is 5.78 Å². The first-order chi connectivity index (χ1) is 7.49. The van der Waals surface area contributed by atoms with Crippen LogP contribution in [0.4, 0.5) is 0 Å². The van der Waals surface area contributed by atoms with Crippen molar-refractivity contribution in [1.29, 1.82) is 0 Å². The fraction of sp³-hybridized carbons (Fsp3) is 0.125. The second-order valence-electron chi connectivity index (χ2n) is 2.66. The average Bonchev–Trinajstić information content (AvgIpc) is 2.26. The number of halogens is 1. The van der Waals surface area contributed by atoms with Crippen LogP contribution in [0.2, 0.25) is 5.02 Å². The summed E-state index contributed by atoms with van der Waals surface area (Å²) in [5.41, 5.74) is -1.25. The number of aromatic amines is 1. The van der Waals surface area contributed by atoms with E-state index >= 15 is 0 Å². The molecule has 0 saturated heterocycles. The summed E-state index contributed by atoms with van der Waals surface area (Å²) in [5.74, 6) is -2.50. The second kappa shape index (κ2) is 5.04. The number of rotatable bonds is 3. The summed E-state index contributed by atoms with van der Waals surface area (Å²) in [5, 5.41) is 8.49. The molecular weight excluding hydrogens is 256 g/mol. The Bertz CT molecular complexity index is 499. The predicted octanol–water partition coefficient (Wildman–Crippen LogP) is 0.311. The van der Waals surface area contributed by atoms with E-state index in [0.717, 1.165) is 18.1 Å². The molecule has 0 spiro atoms. The van der Waals surface area contributed by atoms with Gasteiger partial charge in [-0.3, -0.25) is 19.1 Å². The molecule has 0 radical (unpaired) electrons. The van der Waals surface area contributed by atoms with Gasteiger partial charge in [-0.2, -0.15) is 0 Å². The van der Waals surface area contributed by atoms with Crippen molar-refractivity contribution >= 4 is 35.2 Å². The number of aromatic hydroxyl groups is 1. The third-order valence-electron chi connectivity index (χ3n) is 1.63. The molecule has 0 fully saturated rings. The van der Waals surface area contributed by atoms with E-state index < -0.39 is 27.9 Å². The number of carbonyl (C=O) groups is 2. The smallest absolute Gasteiger partial charge is 0.303 e. The molecule has 86 valence electrons. The minimum atomic E-state index is -0.976. The van der Waals surface area contributed by atoms with Crippen molar-refractivity contribution in [3.63, 3.8) is 0 Å². The van der Waals surface area contributed by atoms with E-state index in [1.54, 1.807) is 6.26 Å². The molecule has 3 N–H and O–H groups in total. The summed E-state index contributed by atoms with van der Waals surface area (Å²) in [6.07, 6.45) is 2.46. The standard InChI is InChI=1S/C8H7ClN2O4S/c1-16-11-8(15)7(14)5-4(9)6(13)3(12)2-10-5/h2,12H,1H3,(H,10,13)(H,11,15). The number of carbonyl (C=O) groups excluding carboxylic acids is 2. The van der Waals surface area contributed by atoms with E-state index in [4.69, 9.17) is 16.7 Å². The number of hydrogen-bond acceptors (Lipinski definition) is 5. The molecule has 1 aromatic rings. The summed E-state index contributed by atoms with van der Waals surface area (Å²) < 4.78 is 2.19. The fourth-order valence-corrected chi connectivity index (χ4v) is 1.43. The lowest BCUT2D eigenvalue weighted by Gasteiger charge is -2.03. The van der Waals surface area contributed by atoms with Crippen molar-refractivity contribution < 1.29 is 14.7 Å². The van der Waals surface area contributed by atoms with Crippen molar-refractivity contribution in [3.8, 4) is 5.75 Å². The van der Waals surface area contributed by atoms with Crippen molar-refractivity contribution in [2.24, 2.45) is 0 Å². The molecule has 16 heavy (non-hydrogen) atoms. The lowest BCUT2D eigenvalue weighted by atomic mass is 10.2. The highest BCUT2D eigenvalue weighted by Crippen LogP contribution is 2.12. The van der Waals surface area contributed by atoms with Crippen LogP contribution < -0.4 is 10.2 Å². The second-order valence-corrected chi connectivity index (χ2v) is 3.65. The largest absolute Gasteiger partial charge is 0.503 e. The Hall–Kier alpha value is -1.47. The topological polar surface area (TPSA) is 99.3 Å². The first kappa shape index (κ1) is 12.6. The van der Waals surface area contributed by atoms with Gasteiger partial charge in [-0.05, 0) is 0 Å². The summed E-state index contributed by atoms with van der Waals surface area (Å²) in [6.45, 7) is 0. The van der Waals surface area contributed by atoms with Crippen LogP contribution in [0, 0.1) is 0 Å². The van der Waals surface area contributed by atoms with Crippen LogP contribution in [0.5, 0.6) is 5.75 Å². The Morgan fingerprint density at radius 2 is 2.19 bits per heavy atom. The minimum Gasteiger partial charge on any atom is -0.503 e. The van der Waals surface area contributed by atoms with Crippen molar-refractivity contribution in [2.45, 2.75) is 0 Å². The zero-order chi connectivity index (χ0) is 12.3. The number of aromatic nitrogens is 1. The molecule has 8 heteroatoms. The number of ketones is 1. The number of Topliss-reactive ketones (excluding diaryl/α,β-unsaturated/α-hetero) is 1. The molecule has 0 bridgehead atoms. The quantitative estimate of drug-likeness (QED) is 0.414. The van der Waals surface area contributed by atoms with Gasteiger partial charge >= 0.3 is 5.91 Å². The zero-order valence-electron chi connectivity index (χ0n) is 8.04. The molecular formula is C8H7ClN2O4S. The van der Waals surface area contributed by atoms with Crippen molar-refractivity contribution in [1.82, 2.24) is 9.71 Å². The van der Waals surface area contributed by atoms with Crippen LogP contribution in [-0.4, -0.2) is 28.0 Å². The number of H-pyrrole nitrogens is 1. The Morgan fingerprint density at radius 1 is 1.56 bits per heavy atom. The zero-order valence-corrected chi connectivity index (χ0v) is 9.61. The Labute approximate surface area is 99.1 Å². The molecule has 0 aliphatic heterocycles. The molecule has 1 amide bonds. The van der Waals surface area contributed by atoms with E-state index in [1.165, 1.54) is 0 Å². The highest BCUT2D eigenvalue weighted by Gasteiger charge is 2.21.